The average molecular weight is 352 g/mol. The molecule has 3 rings (SSSR count). The molecule has 1 saturated carbocycles. The highest BCUT2D eigenvalue weighted by molar-refractivity contribution is 5.62. The first-order valence-corrected chi connectivity index (χ1v) is 8.81. The molecule has 136 valence electrons. The maximum atomic E-state index is 12.4. The van der Waals surface area contributed by atoms with Crippen molar-refractivity contribution < 1.29 is 17.9 Å². The van der Waals surface area contributed by atoms with Gasteiger partial charge in [-0.2, -0.15) is 5.10 Å². The Balaban J connectivity index is 1.76. The topological polar surface area (TPSA) is 27.1 Å². The van der Waals surface area contributed by atoms with Gasteiger partial charge in [-0.1, -0.05) is 44.2 Å². The van der Waals surface area contributed by atoms with Crippen molar-refractivity contribution in [2.75, 3.05) is 0 Å². The third-order valence-corrected chi connectivity index (χ3v) is 4.74. The van der Waals surface area contributed by atoms with Crippen LogP contribution in [0.3, 0.4) is 0 Å². The van der Waals surface area contributed by atoms with E-state index in [0.29, 0.717) is 5.56 Å². The van der Waals surface area contributed by atoms with Crippen LogP contribution in [0.15, 0.2) is 30.3 Å². The molecular formula is C19H23F3N2O. The normalized spacial score (nSPS) is 16.2. The number of hydrogen-bond acceptors (Lipinski definition) is 2. The van der Waals surface area contributed by atoms with Gasteiger partial charge in [0.2, 0.25) is 0 Å². The Morgan fingerprint density at radius 1 is 1.16 bits per heavy atom. The van der Waals surface area contributed by atoms with E-state index in [9.17, 15) is 13.2 Å². The van der Waals surface area contributed by atoms with Crippen LogP contribution in [0, 0.1) is 12.8 Å². The number of halogens is 3. The molecule has 1 aliphatic carbocycles. The van der Waals surface area contributed by atoms with E-state index in [4.69, 9.17) is 0 Å². The number of aryl methyl sites for hydroxylation is 2. The lowest BCUT2D eigenvalue weighted by atomic mass is 9.87. The predicted molar refractivity (Wildman–Crippen MR) is 90.3 cm³/mol. The van der Waals surface area contributed by atoms with Crippen LogP contribution >= 0.6 is 0 Å². The average Bonchev–Trinajstić information content (AvgIpc) is 2.93. The summed E-state index contributed by atoms with van der Waals surface area (Å²) in [5.41, 5.74) is 2.38. The molecule has 1 fully saturated rings. The first-order chi connectivity index (χ1) is 11.9. The zero-order chi connectivity index (χ0) is 17.9. The van der Waals surface area contributed by atoms with E-state index in [1.807, 2.05) is 17.7 Å². The molecule has 2 aromatic rings. The number of aromatic nitrogens is 2. The van der Waals surface area contributed by atoms with Crippen LogP contribution in [-0.4, -0.2) is 16.1 Å². The lowest BCUT2D eigenvalue weighted by Crippen LogP contribution is -2.17. The molecule has 25 heavy (non-hydrogen) atoms. The predicted octanol–water partition coefficient (Wildman–Crippen LogP) is 5.73. The van der Waals surface area contributed by atoms with Crippen LogP contribution in [0.1, 0.15) is 44.2 Å². The minimum absolute atomic E-state index is 0.206. The van der Waals surface area contributed by atoms with Gasteiger partial charge in [-0.3, -0.25) is 4.68 Å². The lowest BCUT2D eigenvalue weighted by Gasteiger charge is -2.21. The van der Waals surface area contributed by atoms with Gasteiger partial charge in [0.15, 0.2) is 0 Å². The van der Waals surface area contributed by atoms with Crippen LogP contribution in [0.25, 0.3) is 11.3 Å². The van der Waals surface area contributed by atoms with Crippen molar-refractivity contribution in [1.82, 2.24) is 9.78 Å². The van der Waals surface area contributed by atoms with Crippen molar-refractivity contribution >= 4 is 0 Å². The third kappa shape index (κ3) is 5.00. The molecule has 0 unspecified atom stereocenters. The van der Waals surface area contributed by atoms with Gasteiger partial charge in [-0.25, -0.2) is 0 Å². The highest BCUT2D eigenvalue weighted by Crippen LogP contribution is 2.30. The van der Waals surface area contributed by atoms with Gasteiger partial charge in [0.1, 0.15) is 5.75 Å². The maximum absolute atomic E-state index is 12.4. The van der Waals surface area contributed by atoms with E-state index < -0.39 is 6.36 Å². The Hall–Kier alpha value is -1.98. The van der Waals surface area contributed by atoms with Crippen LogP contribution in [-0.2, 0) is 6.54 Å². The molecule has 0 saturated heterocycles. The molecule has 3 nitrogen and oxygen atoms in total. The van der Waals surface area contributed by atoms with Gasteiger partial charge < -0.3 is 4.74 Å². The number of hydrogen-bond donors (Lipinski definition) is 0. The van der Waals surface area contributed by atoms with E-state index in [1.54, 1.807) is 12.1 Å². The summed E-state index contributed by atoms with van der Waals surface area (Å²) in [6.45, 7) is 2.69. The first-order valence-electron chi connectivity index (χ1n) is 8.81. The Kier molecular flexibility index (Phi) is 5.35. The van der Waals surface area contributed by atoms with Crippen molar-refractivity contribution in [3.05, 3.63) is 36.0 Å². The molecule has 0 spiro atoms. The zero-order valence-corrected chi connectivity index (χ0v) is 14.4. The number of rotatable bonds is 5. The standard InChI is InChI=1S/C19H23F3N2O/c1-14-12-18(16-8-5-9-17(13-16)25-19(20,21)22)24(23-14)11-10-15-6-3-2-4-7-15/h5,8-9,12-13,15H,2-4,6-7,10-11H2,1H3. The molecule has 6 heteroatoms. The second-order valence-electron chi connectivity index (χ2n) is 6.76. The van der Waals surface area contributed by atoms with Gasteiger partial charge in [-0.15, -0.1) is 13.2 Å². The van der Waals surface area contributed by atoms with E-state index in [0.717, 1.165) is 30.3 Å². The number of alkyl halides is 3. The molecule has 0 radical (unpaired) electrons. The quantitative estimate of drug-likeness (QED) is 0.687. The molecule has 1 aromatic heterocycles. The molecular weight excluding hydrogens is 329 g/mol. The van der Waals surface area contributed by atoms with Crippen LogP contribution in [0.2, 0.25) is 0 Å². The molecule has 1 heterocycles. The molecule has 0 amide bonds. The smallest absolute Gasteiger partial charge is 0.406 e. The summed E-state index contributed by atoms with van der Waals surface area (Å²) in [5, 5.41) is 4.53. The monoisotopic (exact) mass is 352 g/mol. The minimum atomic E-state index is -4.68. The van der Waals surface area contributed by atoms with Crippen molar-refractivity contribution in [2.24, 2.45) is 5.92 Å². The van der Waals surface area contributed by atoms with E-state index >= 15 is 0 Å². The largest absolute Gasteiger partial charge is 0.573 e. The summed E-state index contributed by atoms with van der Waals surface area (Å²) in [5.74, 6) is 0.522. The Bertz CT molecular complexity index is 703. The van der Waals surface area contributed by atoms with Crippen LogP contribution < -0.4 is 4.74 Å². The Morgan fingerprint density at radius 2 is 1.92 bits per heavy atom. The maximum Gasteiger partial charge on any atom is 0.573 e. The first kappa shape index (κ1) is 17.8. The summed E-state index contributed by atoms with van der Waals surface area (Å²) in [4.78, 5) is 0. The van der Waals surface area contributed by atoms with Crippen LogP contribution in [0.5, 0.6) is 5.75 Å². The molecule has 1 aromatic carbocycles. The van der Waals surface area contributed by atoms with Gasteiger partial charge in [0, 0.05) is 12.1 Å². The summed E-state index contributed by atoms with van der Waals surface area (Å²) in [6.07, 6.45) is 2.84. The number of ether oxygens (including phenoxy) is 1. The second-order valence-corrected chi connectivity index (χ2v) is 6.76. The zero-order valence-electron chi connectivity index (χ0n) is 14.4. The SMILES string of the molecule is Cc1cc(-c2cccc(OC(F)(F)F)c2)n(CCC2CCCCC2)n1. The summed E-state index contributed by atoms with van der Waals surface area (Å²) in [6, 6.07) is 8.00. The molecule has 0 aliphatic heterocycles. The van der Waals surface area contributed by atoms with Gasteiger partial charge in [0.05, 0.1) is 11.4 Å². The van der Waals surface area contributed by atoms with Gasteiger partial charge in [0.25, 0.3) is 0 Å². The highest BCUT2D eigenvalue weighted by atomic mass is 19.4. The molecule has 0 bridgehead atoms. The summed E-state index contributed by atoms with van der Waals surface area (Å²) < 4.78 is 43.3. The lowest BCUT2D eigenvalue weighted by molar-refractivity contribution is -0.274. The summed E-state index contributed by atoms with van der Waals surface area (Å²) in [7, 11) is 0. The van der Waals surface area contributed by atoms with Gasteiger partial charge in [-0.05, 0) is 37.5 Å². The van der Waals surface area contributed by atoms with E-state index in [-0.39, 0.29) is 5.75 Å². The van der Waals surface area contributed by atoms with Crippen molar-refractivity contribution in [1.29, 1.82) is 0 Å². The highest BCUT2D eigenvalue weighted by Gasteiger charge is 2.31. The second kappa shape index (κ2) is 7.50. The van der Waals surface area contributed by atoms with Crippen molar-refractivity contribution in [3.8, 4) is 17.0 Å². The summed E-state index contributed by atoms with van der Waals surface area (Å²) >= 11 is 0. The molecule has 0 N–H and O–H groups in total. The third-order valence-electron chi connectivity index (χ3n) is 4.74. The van der Waals surface area contributed by atoms with Crippen molar-refractivity contribution in [2.45, 2.75) is 58.4 Å². The Morgan fingerprint density at radius 3 is 2.64 bits per heavy atom. The van der Waals surface area contributed by atoms with Crippen LogP contribution in [0.4, 0.5) is 13.2 Å². The number of benzene rings is 1. The van der Waals surface area contributed by atoms with Crippen molar-refractivity contribution in [3.63, 3.8) is 0 Å². The van der Waals surface area contributed by atoms with Gasteiger partial charge >= 0.3 is 6.36 Å². The number of nitrogens with zero attached hydrogens (tertiary/aromatic N) is 2. The minimum Gasteiger partial charge on any atom is -0.406 e. The van der Waals surface area contributed by atoms with E-state index in [2.05, 4.69) is 9.84 Å². The fourth-order valence-corrected chi connectivity index (χ4v) is 3.58. The Labute approximate surface area is 145 Å². The molecule has 0 atom stereocenters. The van der Waals surface area contributed by atoms with E-state index in [1.165, 1.54) is 44.2 Å². The fourth-order valence-electron chi connectivity index (χ4n) is 3.58. The fraction of sp³-hybridized carbons (Fsp3) is 0.526. The molecule has 1 aliphatic rings.